The van der Waals surface area contributed by atoms with Crippen LogP contribution in [0, 0.1) is 13.8 Å². The van der Waals surface area contributed by atoms with E-state index in [1.807, 2.05) is 19.9 Å². The van der Waals surface area contributed by atoms with Crippen LogP contribution in [0.3, 0.4) is 0 Å². The average molecular weight is 193 g/mol. The largest absolute Gasteiger partial charge is 0.466 e. The number of hydrogen-bond donors (Lipinski definition) is 2. The minimum atomic E-state index is 0.454. The fourth-order valence-electron chi connectivity index (χ4n) is 1.44. The van der Waals surface area contributed by atoms with E-state index in [1.165, 1.54) is 12.8 Å². The van der Waals surface area contributed by atoms with Crippen LogP contribution in [0.5, 0.6) is 0 Å². The molecule has 0 aliphatic heterocycles. The Kier molecular flexibility index (Phi) is 2.29. The molecule has 0 saturated heterocycles. The highest BCUT2D eigenvalue weighted by molar-refractivity contribution is 5.99. The molecule has 14 heavy (non-hydrogen) atoms. The normalized spacial score (nSPS) is 17.2. The minimum absolute atomic E-state index is 0.454. The molecular weight excluding hydrogens is 178 g/mol. The number of nitrogens with one attached hydrogen (secondary N) is 1. The Morgan fingerprint density at radius 1 is 1.57 bits per heavy atom. The number of furan rings is 1. The van der Waals surface area contributed by atoms with E-state index in [2.05, 4.69) is 10.4 Å². The number of nitrogens with two attached hydrogens (primary N) is 1. The van der Waals surface area contributed by atoms with Crippen LogP contribution in [-0.4, -0.2) is 11.9 Å². The van der Waals surface area contributed by atoms with Crippen LogP contribution in [0.2, 0.25) is 0 Å². The van der Waals surface area contributed by atoms with Crippen molar-refractivity contribution in [3.05, 3.63) is 23.2 Å². The smallest absolute Gasteiger partial charge is 0.146 e. The van der Waals surface area contributed by atoms with Crippen LogP contribution in [-0.2, 0) is 0 Å². The van der Waals surface area contributed by atoms with Gasteiger partial charge in [0.15, 0.2) is 0 Å². The average Bonchev–Trinajstić information content (AvgIpc) is 2.89. The molecule has 0 unspecified atom stereocenters. The minimum Gasteiger partial charge on any atom is -0.466 e. The second kappa shape index (κ2) is 3.46. The summed E-state index contributed by atoms with van der Waals surface area (Å²) in [5.74, 6) is 7.92. The van der Waals surface area contributed by atoms with Gasteiger partial charge in [0, 0.05) is 0 Å². The van der Waals surface area contributed by atoms with Gasteiger partial charge >= 0.3 is 0 Å². The van der Waals surface area contributed by atoms with Gasteiger partial charge in [0.05, 0.1) is 11.6 Å². The summed E-state index contributed by atoms with van der Waals surface area (Å²) in [6, 6.07) is 2.41. The third kappa shape index (κ3) is 1.80. The molecule has 0 amide bonds. The highest BCUT2D eigenvalue weighted by Crippen LogP contribution is 2.25. The molecule has 2 rings (SSSR count). The first-order valence-corrected chi connectivity index (χ1v) is 4.82. The van der Waals surface area contributed by atoms with Crippen molar-refractivity contribution in [2.45, 2.75) is 32.7 Å². The topological polar surface area (TPSA) is 63.5 Å². The molecule has 4 heteroatoms. The lowest BCUT2D eigenvalue weighted by molar-refractivity contribution is 0.504. The first-order valence-electron chi connectivity index (χ1n) is 4.82. The van der Waals surface area contributed by atoms with Gasteiger partial charge in [-0.3, -0.25) is 4.99 Å². The van der Waals surface area contributed by atoms with E-state index >= 15 is 0 Å². The van der Waals surface area contributed by atoms with Crippen LogP contribution >= 0.6 is 0 Å². The van der Waals surface area contributed by atoms with Crippen molar-refractivity contribution in [3.63, 3.8) is 0 Å². The lowest BCUT2D eigenvalue weighted by Crippen LogP contribution is -2.31. The molecule has 1 heterocycles. The summed E-state index contributed by atoms with van der Waals surface area (Å²) >= 11 is 0. The SMILES string of the molecule is Cc1cc(C(=NC2CC2)NN)c(C)o1. The van der Waals surface area contributed by atoms with Crippen molar-refractivity contribution in [2.75, 3.05) is 0 Å². The van der Waals surface area contributed by atoms with Crippen molar-refractivity contribution in [1.82, 2.24) is 5.43 Å². The Morgan fingerprint density at radius 2 is 2.29 bits per heavy atom. The Bertz CT molecular complexity index is 363. The Hall–Kier alpha value is -1.29. The van der Waals surface area contributed by atoms with Crippen LogP contribution in [0.25, 0.3) is 0 Å². The molecule has 76 valence electrons. The zero-order valence-electron chi connectivity index (χ0n) is 8.50. The maximum atomic E-state index is 5.44. The van der Waals surface area contributed by atoms with E-state index in [1.54, 1.807) is 0 Å². The van der Waals surface area contributed by atoms with Crippen molar-refractivity contribution < 1.29 is 4.42 Å². The summed E-state index contributed by atoms with van der Waals surface area (Å²) in [5, 5.41) is 0. The summed E-state index contributed by atoms with van der Waals surface area (Å²) in [4.78, 5) is 4.47. The quantitative estimate of drug-likeness (QED) is 0.322. The molecule has 1 saturated carbocycles. The van der Waals surface area contributed by atoms with Crippen LogP contribution in [0.1, 0.15) is 29.9 Å². The summed E-state index contributed by atoms with van der Waals surface area (Å²) in [6.07, 6.45) is 2.34. The van der Waals surface area contributed by atoms with E-state index in [-0.39, 0.29) is 0 Å². The first-order chi connectivity index (χ1) is 6.70. The van der Waals surface area contributed by atoms with Crippen molar-refractivity contribution in [1.29, 1.82) is 0 Å². The molecule has 1 fully saturated rings. The predicted molar refractivity (Wildman–Crippen MR) is 55.1 cm³/mol. The maximum Gasteiger partial charge on any atom is 0.146 e. The van der Waals surface area contributed by atoms with Crippen molar-refractivity contribution in [2.24, 2.45) is 10.8 Å². The Labute approximate surface area is 83.2 Å². The molecule has 0 spiro atoms. The molecule has 1 aliphatic carbocycles. The molecule has 0 aromatic carbocycles. The molecule has 1 aromatic rings. The molecule has 0 atom stereocenters. The predicted octanol–water partition coefficient (Wildman–Crippen LogP) is 1.27. The van der Waals surface area contributed by atoms with E-state index in [4.69, 9.17) is 10.3 Å². The number of aliphatic imine (C=N–C) groups is 1. The summed E-state index contributed by atoms with van der Waals surface area (Å²) in [7, 11) is 0. The van der Waals surface area contributed by atoms with Gasteiger partial charge in [0.1, 0.15) is 17.4 Å². The van der Waals surface area contributed by atoms with Gasteiger partial charge in [-0.2, -0.15) is 0 Å². The standard InChI is InChI=1S/C10H15N3O/c1-6-5-9(7(2)14-6)10(13-11)12-8-3-4-8/h5,8H,3-4,11H2,1-2H3,(H,12,13). The number of hydrogen-bond acceptors (Lipinski definition) is 3. The third-order valence-corrected chi connectivity index (χ3v) is 2.29. The van der Waals surface area contributed by atoms with Gasteiger partial charge in [-0.15, -0.1) is 0 Å². The number of aryl methyl sites for hydroxylation is 2. The van der Waals surface area contributed by atoms with Gasteiger partial charge in [-0.1, -0.05) is 0 Å². The van der Waals surface area contributed by atoms with Crippen LogP contribution < -0.4 is 11.3 Å². The number of rotatable bonds is 2. The number of nitrogens with zero attached hydrogens (tertiary/aromatic N) is 1. The summed E-state index contributed by atoms with van der Waals surface area (Å²) in [5.41, 5.74) is 3.60. The fourth-order valence-corrected chi connectivity index (χ4v) is 1.44. The second-order valence-corrected chi connectivity index (χ2v) is 3.68. The van der Waals surface area contributed by atoms with Crippen LogP contribution in [0.4, 0.5) is 0 Å². The highest BCUT2D eigenvalue weighted by atomic mass is 16.3. The fraction of sp³-hybridized carbons (Fsp3) is 0.500. The molecule has 4 nitrogen and oxygen atoms in total. The van der Waals surface area contributed by atoms with Crippen molar-refractivity contribution >= 4 is 5.84 Å². The summed E-state index contributed by atoms with van der Waals surface area (Å²) in [6.45, 7) is 3.84. The first kappa shape index (κ1) is 9.27. The van der Waals surface area contributed by atoms with Gasteiger partial charge in [-0.25, -0.2) is 5.84 Å². The zero-order chi connectivity index (χ0) is 10.1. The van der Waals surface area contributed by atoms with Gasteiger partial charge < -0.3 is 9.84 Å². The van der Waals surface area contributed by atoms with E-state index in [0.29, 0.717) is 6.04 Å². The molecular formula is C10H15N3O. The lowest BCUT2D eigenvalue weighted by atomic mass is 10.2. The number of hydrazine groups is 1. The Morgan fingerprint density at radius 3 is 2.71 bits per heavy atom. The molecule has 3 N–H and O–H groups in total. The Balaban J connectivity index is 2.30. The molecule has 0 bridgehead atoms. The van der Waals surface area contributed by atoms with Gasteiger partial charge in [0.25, 0.3) is 0 Å². The molecule has 0 radical (unpaired) electrons. The van der Waals surface area contributed by atoms with Gasteiger partial charge in [0.2, 0.25) is 0 Å². The third-order valence-electron chi connectivity index (χ3n) is 2.29. The highest BCUT2D eigenvalue weighted by Gasteiger charge is 2.22. The van der Waals surface area contributed by atoms with E-state index in [0.717, 1.165) is 22.9 Å². The molecule has 1 aromatic heterocycles. The molecule has 1 aliphatic rings. The van der Waals surface area contributed by atoms with E-state index in [9.17, 15) is 0 Å². The second-order valence-electron chi connectivity index (χ2n) is 3.68. The van der Waals surface area contributed by atoms with Crippen LogP contribution in [0.15, 0.2) is 15.5 Å². The lowest BCUT2D eigenvalue weighted by Gasteiger charge is -2.02. The maximum absolute atomic E-state index is 5.44. The summed E-state index contributed by atoms with van der Waals surface area (Å²) < 4.78 is 5.42. The number of amidine groups is 1. The van der Waals surface area contributed by atoms with E-state index < -0.39 is 0 Å². The monoisotopic (exact) mass is 193 g/mol. The zero-order valence-corrected chi connectivity index (χ0v) is 8.50. The van der Waals surface area contributed by atoms with Gasteiger partial charge in [-0.05, 0) is 32.8 Å². The van der Waals surface area contributed by atoms with Crippen molar-refractivity contribution in [3.8, 4) is 0 Å².